The average Bonchev–Trinajstić information content (AvgIpc) is 2.79. The van der Waals surface area contributed by atoms with Gasteiger partial charge in [-0.05, 0) is 50.9 Å². The molecule has 0 aromatic carbocycles. The van der Waals surface area contributed by atoms with Crippen molar-refractivity contribution in [2.45, 2.75) is 77.2 Å². The zero-order valence-corrected chi connectivity index (χ0v) is 13.7. The van der Waals surface area contributed by atoms with Crippen molar-refractivity contribution in [1.82, 2.24) is 0 Å². The van der Waals surface area contributed by atoms with Crippen LogP contribution in [0.4, 0.5) is 0 Å². The van der Waals surface area contributed by atoms with Crippen molar-refractivity contribution < 1.29 is 9.53 Å². The summed E-state index contributed by atoms with van der Waals surface area (Å²) in [4.78, 5) is 12.3. The van der Waals surface area contributed by atoms with Gasteiger partial charge in [-0.3, -0.25) is 0 Å². The lowest BCUT2D eigenvalue weighted by Crippen LogP contribution is -2.46. The van der Waals surface area contributed by atoms with Crippen LogP contribution in [0, 0.1) is 23.7 Å². The zero-order chi connectivity index (χ0) is 15.0. The SMILES string of the molecule is C=C(C)C(=O)OC1(CC)C2CCCCC2C2CCCCC21. The van der Waals surface area contributed by atoms with Crippen molar-refractivity contribution in [2.24, 2.45) is 23.7 Å². The van der Waals surface area contributed by atoms with E-state index in [1.165, 1.54) is 51.4 Å². The number of carbonyl (C=O) groups excluding carboxylic acids is 1. The minimum atomic E-state index is -0.188. The normalized spacial score (nSPS) is 42.0. The molecule has 0 radical (unpaired) electrons. The first kappa shape index (κ1) is 15.1. The average molecular weight is 290 g/mol. The Hall–Kier alpha value is -0.790. The smallest absolute Gasteiger partial charge is 0.333 e. The minimum Gasteiger partial charge on any atom is -0.455 e. The van der Waals surface area contributed by atoms with Gasteiger partial charge in [-0.2, -0.15) is 0 Å². The summed E-state index contributed by atoms with van der Waals surface area (Å²) >= 11 is 0. The first-order valence-corrected chi connectivity index (χ1v) is 8.99. The van der Waals surface area contributed by atoms with Gasteiger partial charge in [-0.1, -0.05) is 39.2 Å². The van der Waals surface area contributed by atoms with Crippen LogP contribution in [-0.4, -0.2) is 11.6 Å². The summed E-state index contributed by atoms with van der Waals surface area (Å²) in [7, 11) is 0. The van der Waals surface area contributed by atoms with E-state index in [1.54, 1.807) is 6.92 Å². The van der Waals surface area contributed by atoms with Crippen LogP contribution in [0.3, 0.4) is 0 Å². The van der Waals surface area contributed by atoms with E-state index in [0.717, 1.165) is 18.3 Å². The topological polar surface area (TPSA) is 26.3 Å². The van der Waals surface area contributed by atoms with Gasteiger partial charge >= 0.3 is 5.97 Å². The van der Waals surface area contributed by atoms with Crippen LogP contribution in [-0.2, 0) is 9.53 Å². The number of carbonyl (C=O) groups is 1. The highest BCUT2D eigenvalue weighted by Gasteiger charge is 2.61. The van der Waals surface area contributed by atoms with E-state index >= 15 is 0 Å². The van der Waals surface area contributed by atoms with Gasteiger partial charge in [-0.15, -0.1) is 0 Å². The van der Waals surface area contributed by atoms with Crippen molar-refractivity contribution in [3.05, 3.63) is 12.2 Å². The standard InChI is InChI=1S/C19H30O2/c1-4-19(21-18(20)13(2)3)16-11-7-5-9-14(16)15-10-6-8-12-17(15)19/h14-17H,2,4-12H2,1,3H3. The third kappa shape index (κ3) is 2.35. The third-order valence-electron chi connectivity index (χ3n) is 6.63. The second kappa shape index (κ2) is 5.78. The van der Waals surface area contributed by atoms with E-state index in [2.05, 4.69) is 13.5 Å². The van der Waals surface area contributed by atoms with Crippen LogP contribution in [0.15, 0.2) is 12.2 Å². The van der Waals surface area contributed by atoms with Gasteiger partial charge in [0.05, 0.1) is 0 Å². The monoisotopic (exact) mass is 290 g/mol. The first-order valence-electron chi connectivity index (χ1n) is 8.99. The summed E-state index contributed by atoms with van der Waals surface area (Å²) in [5.41, 5.74) is 0.362. The molecule has 0 heterocycles. The molecule has 0 saturated heterocycles. The lowest BCUT2D eigenvalue weighted by atomic mass is 9.72. The fourth-order valence-corrected chi connectivity index (χ4v) is 5.84. The van der Waals surface area contributed by atoms with Gasteiger partial charge in [-0.25, -0.2) is 4.79 Å². The maximum absolute atomic E-state index is 12.3. The van der Waals surface area contributed by atoms with Crippen molar-refractivity contribution in [3.63, 3.8) is 0 Å². The van der Waals surface area contributed by atoms with Crippen LogP contribution >= 0.6 is 0 Å². The van der Waals surface area contributed by atoms with E-state index in [0.29, 0.717) is 17.4 Å². The van der Waals surface area contributed by atoms with E-state index in [4.69, 9.17) is 4.74 Å². The Labute approximate surface area is 129 Å². The molecule has 3 rings (SSSR count). The molecule has 0 aromatic heterocycles. The predicted octanol–water partition coefficient (Wildman–Crippen LogP) is 4.88. The molecule has 4 atom stereocenters. The molecule has 118 valence electrons. The van der Waals surface area contributed by atoms with Crippen molar-refractivity contribution in [2.75, 3.05) is 0 Å². The van der Waals surface area contributed by atoms with Gasteiger partial charge in [0.25, 0.3) is 0 Å². The molecule has 0 bridgehead atoms. The summed E-state index contributed by atoms with van der Waals surface area (Å²) in [5.74, 6) is 2.66. The summed E-state index contributed by atoms with van der Waals surface area (Å²) in [6, 6.07) is 0. The molecule has 0 aromatic rings. The molecule has 3 aliphatic rings. The fourth-order valence-electron chi connectivity index (χ4n) is 5.84. The molecule has 2 heteroatoms. The lowest BCUT2D eigenvalue weighted by molar-refractivity contribution is -0.169. The van der Waals surface area contributed by atoms with Gasteiger partial charge in [0.15, 0.2) is 0 Å². The molecule has 0 amide bonds. The summed E-state index contributed by atoms with van der Waals surface area (Å²) in [5, 5.41) is 0. The maximum atomic E-state index is 12.3. The van der Waals surface area contributed by atoms with Gasteiger partial charge in [0.2, 0.25) is 0 Å². The Balaban J connectivity index is 1.94. The molecule has 4 unspecified atom stereocenters. The van der Waals surface area contributed by atoms with Crippen molar-refractivity contribution in [1.29, 1.82) is 0 Å². The molecule has 0 N–H and O–H groups in total. The minimum absolute atomic E-state index is 0.160. The quantitative estimate of drug-likeness (QED) is 0.547. The largest absolute Gasteiger partial charge is 0.455 e. The molecule has 0 spiro atoms. The second-order valence-corrected chi connectivity index (χ2v) is 7.59. The van der Waals surface area contributed by atoms with Gasteiger partial charge < -0.3 is 4.74 Å². The molecular formula is C19H30O2. The number of ether oxygens (including phenoxy) is 1. The van der Waals surface area contributed by atoms with E-state index in [1.807, 2.05) is 0 Å². The number of rotatable bonds is 3. The summed E-state index contributed by atoms with van der Waals surface area (Å²) in [6.07, 6.45) is 11.6. The summed E-state index contributed by atoms with van der Waals surface area (Å²) in [6.45, 7) is 7.80. The van der Waals surface area contributed by atoms with Crippen LogP contribution in [0.2, 0.25) is 0 Å². The highest BCUT2D eigenvalue weighted by molar-refractivity contribution is 5.87. The molecule has 3 saturated carbocycles. The number of hydrogen-bond acceptors (Lipinski definition) is 2. The summed E-state index contributed by atoms with van der Waals surface area (Å²) < 4.78 is 6.21. The molecule has 3 fully saturated rings. The molecule has 3 aliphatic carbocycles. The fraction of sp³-hybridized carbons (Fsp3) is 0.842. The van der Waals surface area contributed by atoms with E-state index < -0.39 is 0 Å². The predicted molar refractivity (Wildman–Crippen MR) is 84.8 cm³/mol. The van der Waals surface area contributed by atoms with E-state index in [-0.39, 0.29) is 11.6 Å². The van der Waals surface area contributed by atoms with Crippen LogP contribution in [0.25, 0.3) is 0 Å². The Morgan fingerprint density at radius 2 is 1.52 bits per heavy atom. The lowest BCUT2D eigenvalue weighted by Gasteiger charge is -2.42. The first-order chi connectivity index (χ1) is 10.1. The molecular weight excluding hydrogens is 260 g/mol. The highest BCUT2D eigenvalue weighted by atomic mass is 16.6. The second-order valence-electron chi connectivity index (χ2n) is 7.59. The Morgan fingerprint density at radius 3 is 1.95 bits per heavy atom. The van der Waals surface area contributed by atoms with Crippen LogP contribution < -0.4 is 0 Å². The van der Waals surface area contributed by atoms with Gasteiger partial charge in [0, 0.05) is 17.4 Å². The maximum Gasteiger partial charge on any atom is 0.333 e. The zero-order valence-electron chi connectivity index (χ0n) is 13.7. The highest BCUT2D eigenvalue weighted by Crippen LogP contribution is 2.61. The Kier molecular flexibility index (Phi) is 4.16. The van der Waals surface area contributed by atoms with Crippen LogP contribution in [0.1, 0.15) is 71.6 Å². The Morgan fingerprint density at radius 1 is 1.05 bits per heavy atom. The molecule has 21 heavy (non-hydrogen) atoms. The van der Waals surface area contributed by atoms with Crippen LogP contribution in [0.5, 0.6) is 0 Å². The van der Waals surface area contributed by atoms with E-state index in [9.17, 15) is 4.79 Å². The van der Waals surface area contributed by atoms with Crippen molar-refractivity contribution in [3.8, 4) is 0 Å². The van der Waals surface area contributed by atoms with Gasteiger partial charge in [0.1, 0.15) is 5.60 Å². The molecule has 0 aliphatic heterocycles. The third-order valence-corrected chi connectivity index (χ3v) is 6.63. The van der Waals surface area contributed by atoms with Crippen molar-refractivity contribution >= 4 is 5.97 Å². The Bertz CT molecular complexity index is 403. The molecule has 2 nitrogen and oxygen atoms in total. The number of fused-ring (bicyclic) bond motifs is 3. The number of hydrogen-bond donors (Lipinski definition) is 0. The number of esters is 1.